The van der Waals surface area contributed by atoms with Gasteiger partial charge in [0.15, 0.2) is 5.88 Å². The van der Waals surface area contributed by atoms with Crippen molar-refractivity contribution >= 4 is 16.8 Å². The topological polar surface area (TPSA) is 76.9 Å². The van der Waals surface area contributed by atoms with Gasteiger partial charge in [-0.1, -0.05) is 18.2 Å². The number of aromatic amines is 1. The largest absolute Gasteiger partial charge is 0.494 e. The van der Waals surface area contributed by atoms with E-state index in [1.807, 2.05) is 0 Å². The van der Waals surface area contributed by atoms with Crippen LogP contribution in [0.25, 0.3) is 0 Å². The van der Waals surface area contributed by atoms with E-state index in [1.54, 1.807) is 0 Å². The van der Waals surface area contributed by atoms with Gasteiger partial charge in [0, 0.05) is 10.8 Å². The minimum absolute atomic E-state index is 0.00551. The summed E-state index contributed by atoms with van der Waals surface area (Å²) in [6.45, 7) is 0. The molecule has 84 valence electrons. The quantitative estimate of drug-likeness (QED) is 0.644. The van der Waals surface area contributed by atoms with Crippen LogP contribution in [0.15, 0.2) is 4.79 Å². The highest BCUT2D eigenvalue weighted by Crippen LogP contribution is 2.48. The van der Waals surface area contributed by atoms with Crippen molar-refractivity contribution in [2.45, 2.75) is 30.9 Å². The van der Waals surface area contributed by atoms with Crippen LogP contribution < -0.4 is 5.56 Å². The van der Waals surface area contributed by atoms with Crippen LogP contribution in [0.1, 0.15) is 41.2 Å². The molecule has 2 heterocycles. The lowest BCUT2D eigenvalue weighted by atomic mass is 10.00. The van der Waals surface area contributed by atoms with Crippen molar-refractivity contribution in [3.63, 3.8) is 0 Å². The molecule has 5 heteroatoms. The zero-order valence-corrected chi connectivity index (χ0v) is 9.49. The molecule has 4 nitrogen and oxygen atoms in total. The lowest BCUT2D eigenvalue weighted by molar-refractivity contribution is 0.443. The predicted octanol–water partition coefficient (Wildman–Crippen LogP) is 1.92. The van der Waals surface area contributed by atoms with Crippen LogP contribution in [0.3, 0.4) is 0 Å². The molecule has 0 amide bonds. The maximum absolute atomic E-state index is 11.7. The molecule has 0 fully saturated rings. The van der Waals surface area contributed by atoms with Crippen molar-refractivity contribution in [2.24, 2.45) is 0 Å². The molecule has 1 aromatic rings. The van der Waals surface area contributed by atoms with Crippen LogP contribution in [0, 0.1) is 5.41 Å². The van der Waals surface area contributed by atoms with Gasteiger partial charge >= 0.3 is 0 Å². The summed E-state index contributed by atoms with van der Waals surface area (Å²) in [4.78, 5) is 14.2. The summed E-state index contributed by atoms with van der Waals surface area (Å²) in [6.07, 6.45) is 3.92. The van der Waals surface area contributed by atoms with E-state index in [9.17, 15) is 9.90 Å². The zero-order valence-electron chi connectivity index (χ0n) is 8.67. The van der Waals surface area contributed by atoms with Crippen molar-refractivity contribution in [1.29, 1.82) is 5.41 Å². The normalized spacial score (nSPS) is 23.0. The number of aromatic nitrogens is 1. The van der Waals surface area contributed by atoms with Gasteiger partial charge in [-0.3, -0.25) is 15.2 Å². The van der Waals surface area contributed by atoms with E-state index in [-0.39, 0.29) is 16.7 Å². The number of pyridine rings is 1. The highest BCUT2D eigenvalue weighted by Gasteiger charge is 2.35. The Labute approximate surface area is 96.6 Å². The molecule has 1 aromatic heterocycles. The molecular weight excluding hydrogens is 224 g/mol. The Balaban J connectivity index is 2.35. The van der Waals surface area contributed by atoms with Crippen molar-refractivity contribution in [2.75, 3.05) is 0 Å². The summed E-state index contributed by atoms with van der Waals surface area (Å²) in [5.41, 5.74) is 1.95. The Morgan fingerprint density at radius 3 is 3.06 bits per heavy atom. The predicted molar refractivity (Wildman–Crippen MR) is 63.4 cm³/mol. The standard InChI is InChI=1S/C11H12N2O2S/c12-9-8-7-5(10(14)13-11(8)15)3-1-2-4-6(7)16-9/h6,12H,1-4H2,(H2,13,14,15). The van der Waals surface area contributed by atoms with Crippen LogP contribution in [0.4, 0.5) is 0 Å². The van der Waals surface area contributed by atoms with Gasteiger partial charge in [-0.2, -0.15) is 0 Å². The van der Waals surface area contributed by atoms with Gasteiger partial charge in [-0.15, -0.1) is 0 Å². The first-order chi connectivity index (χ1) is 7.68. The molecule has 1 aliphatic carbocycles. The van der Waals surface area contributed by atoms with E-state index in [2.05, 4.69) is 4.98 Å². The second-order valence-corrected chi connectivity index (χ2v) is 5.46. The average Bonchev–Trinajstić information content (AvgIpc) is 2.43. The number of rotatable bonds is 0. The molecule has 0 bridgehead atoms. The third kappa shape index (κ3) is 1.24. The Kier molecular flexibility index (Phi) is 2.10. The molecule has 0 aromatic carbocycles. The maximum Gasteiger partial charge on any atom is 0.261 e. The lowest BCUT2D eigenvalue weighted by Gasteiger charge is -2.10. The van der Waals surface area contributed by atoms with Crippen LogP contribution >= 0.6 is 11.8 Å². The van der Waals surface area contributed by atoms with Crippen molar-refractivity contribution < 1.29 is 5.11 Å². The second-order valence-electron chi connectivity index (χ2n) is 4.25. The summed E-state index contributed by atoms with van der Waals surface area (Å²) >= 11 is 1.45. The molecule has 1 atom stereocenters. The third-order valence-electron chi connectivity index (χ3n) is 3.29. The molecular formula is C11H12N2O2S. The minimum atomic E-state index is -0.321. The fourth-order valence-corrected chi connectivity index (χ4v) is 3.84. The maximum atomic E-state index is 11.7. The lowest BCUT2D eigenvalue weighted by Crippen LogP contribution is -2.17. The fourth-order valence-electron chi connectivity index (χ4n) is 2.57. The van der Waals surface area contributed by atoms with Gasteiger partial charge in [0.05, 0.1) is 5.56 Å². The molecule has 1 aliphatic heterocycles. The van der Waals surface area contributed by atoms with E-state index < -0.39 is 0 Å². The molecule has 3 rings (SSSR count). The second kappa shape index (κ2) is 3.38. The number of nitrogens with one attached hydrogen (secondary N) is 2. The number of H-pyrrole nitrogens is 1. The Hall–Kier alpha value is -1.23. The van der Waals surface area contributed by atoms with Crippen molar-refractivity contribution in [3.05, 3.63) is 27.0 Å². The number of hydrogen-bond acceptors (Lipinski definition) is 4. The highest BCUT2D eigenvalue weighted by molar-refractivity contribution is 8.15. The molecule has 0 saturated heterocycles. The van der Waals surface area contributed by atoms with Gasteiger partial charge in [0.25, 0.3) is 5.56 Å². The molecule has 3 N–H and O–H groups in total. The van der Waals surface area contributed by atoms with Crippen LogP contribution in [-0.4, -0.2) is 15.1 Å². The van der Waals surface area contributed by atoms with Crippen LogP contribution in [0.5, 0.6) is 5.88 Å². The van der Waals surface area contributed by atoms with Gasteiger partial charge in [-0.05, 0) is 24.8 Å². The zero-order chi connectivity index (χ0) is 11.3. The summed E-state index contributed by atoms with van der Waals surface area (Å²) in [6, 6.07) is 0. The summed E-state index contributed by atoms with van der Waals surface area (Å²) in [7, 11) is 0. The first-order valence-electron chi connectivity index (χ1n) is 5.42. The van der Waals surface area contributed by atoms with E-state index >= 15 is 0 Å². The monoisotopic (exact) mass is 236 g/mol. The van der Waals surface area contributed by atoms with E-state index in [0.29, 0.717) is 10.6 Å². The Morgan fingerprint density at radius 2 is 2.25 bits per heavy atom. The van der Waals surface area contributed by atoms with Gasteiger partial charge in [-0.25, -0.2) is 0 Å². The van der Waals surface area contributed by atoms with Crippen molar-refractivity contribution in [1.82, 2.24) is 4.98 Å². The molecule has 1 unspecified atom stereocenters. The summed E-state index contributed by atoms with van der Waals surface area (Å²) in [5, 5.41) is 18.2. The summed E-state index contributed by atoms with van der Waals surface area (Å²) < 4.78 is 0. The molecule has 0 saturated carbocycles. The van der Waals surface area contributed by atoms with Crippen LogP contribution in [0.2, 0.25) is 0 Å². The first kappa shape index (κ1) is 9.96. The summed E-state index contributed by atoms with van der Waals surface area (Å²) in [5.74, 6) is 0.00551. The highest BCUT2D eigenvalue weighted by atomic mass is 32.2. The molecule has 16 heavy (non-hydrogen) atoms. The number of thioether (sulfide) groups is 1. The van der Waals surface area contributed by atoms with E-state index in [0.717, 1.165) is 36.8 Å². The van der Waals surface area contributed by atoms with Crippen LogP contribution in [-0.2, 0) is 6.42 Å². The van der Waals surface area contributed by atoms with E-state index in [4.69, 9.17) is 5.41 Å². The SMILES string of the molecule is N=C1SC2CCCCc3c(O)[nH]c(=O)c1c32. The van der Waals surface area contributed by atoms with Gasteiger partial charge in [0.1, 0.15) is 5.04 Å². The number of aromatic hydroxyl groups is 1. The minimum Gasteiger partial charge on any atom is -0.494 e. The average molecular weight is 236 g/mol. The molecule has 0 radical (unpaired) electrons. The third-order valence-corrected chi connectivity index (χ3v) is 4.49. The fraction of sp³-hybridized carbons (Fsp3) is 0.455. The Bertz CT molecular complexity index is 536. The van der Waals surface area contributed by atoms with Gasteiger partial charge in [0.2, 0.25) is 0 Å². The number of hydrogen-bond donors (Lipinski definition) is 3. The van der Waals surface area contributed by atoms with E-state index in [1.165, 1.54) is 11.8 Å². The Morgan fingerprint density at radius 1 is 1.44 bits per heavy atom. The first-order valence-corrected chi connectivity index (χ1v) is 6.30. The molecule has 2 aliphatic rings. The van der Waals surface area contributed by atoms with Gasteiger partial charge < -0.3 is 5.11 Å². The van der Waals surface area contributed by atoms with Crippen molar-refractivity contribution in [3.8, 4) is 5.88 Å². The molecule has 0 spiro atoms. The smallest absolute Gasteiger partial charge is 0.261 e.